The Morgan fingerprint density at radius 1 is 1.30 bits per heavy atom. The number of anilines is 1. The number of nitrogens with one attached hydrogen (secondary N) is 1. The Labute approximate surface area is 176 Å². The topological polar surface area (TPSA) is 66.4 Å². The molecule has 2 rings (SSSR count). The lowest BCUT2D eigenvalue weighted by molar-refractivity contribution is -0.188. The molecule has 4 nitrogen and oxygen atoms in total. The van der Waals surface area contributed by atoms with Gasteiger partial charge in [0.15, 0.2) is 0 Å². The second-order valence-corrected chi connectivity index (χ2v) is 7.87. The summed E-state index contributed by atoms with van der Waals surface area (Å²) < 4.78 is 54.5. The zero-order chi connectivity index (χ0) is 22.6. The molecule has 1 aromatic rings. The Bertz CT molecular complexity index is 866. The number of benzene rings is 1. The van der Waals surface area contributed by atoms with E-state index in [0.717, 1.165) is 13.0 Å². The number of carboxylic acids is 1. The molecule has 164 valence electrons. The van der Waals surface area contributed by atoms with Crippen molar-refractivity contribution in [3.8, 4) is 0 Å². The van der Waals surface area contributed by atoms with Gasteiger partial charge in [-0.3, -0.25) is 9.59 Å². The van der Waals surface area contributed by atoms with Crippen LogP contribution in [-0.4, -0.2) is 23.2 Å². The molecule has 0 saturated heterocycles. The summed E-state index contributed by atoms with van der Waals surface area (Å²) in [6, 6.07) is 3.68. The number of hydrogen-bond acceptors (Lipinski definition) is 2. The van der Waals surface area contributed by atoms with E-state index in [4.69, 9.17) is 16.7 Å². The molecule has 1 unspecified atom stereocenters. The van der Waals surface area contributed by atoms with Crippen LogP contribution in [0.4, 0.5) is 23.2 Å². The van der Waals surface area contributed by atoms with E-state index in [2.05, 4.69) is 5.32 Å². The lowest BCUT2D eigenvalue weighted by atomic mass is 9.78. The van der Waals surface area contributed by atoms with E-state index >= 15 is 0 Å². The first kappa shape index (κ1) is 23.9. The van der Waals surface area contributed by atoms with Crippen LogP contribution in [0.3, 0.4) is 0 Å². The van der Waals surface area contributed by atoms with E-state index < -0.39 is 47.5 Å². The highest BCUT2D eigenvalue weighted by Gasteiger charge is 2.47. The lowest BCUT2D eigenvalue weighted by Crippen LogP contribution is -2.40. The average molecular weight is 448 g/mol. The first-order valence-corrected chi connectivity index (χ1v) is 9.70. The largest absolute Gasteiger partial charge is 0.481 e. The van der Waals surface area contributed by atoms with Gasteiger partial charge in [-0.2, -0.15) is 13.2 Å². The Kier molecular flexibility index (Phi) is 7.69. The minimum atomic E-state index is -4.63. The second kappa shape index (κ2) is 9.64. The monoisotopic (exact) mass is 447 g/mol. The number of alkyl halides is 3. The number of rotatable bonds is 7. The molecule has 9 heteroatoms. The number of amides is 1. The van der Waals surface area contributed by atoms with Crippen molar-refractivity contribution in [3.05, 3.63) is 52.8 Å². The van der Waals surface area contributed by atoms with Crippen molar-refractivity contribution in [2.24, 2.45) is 17.8 Å². The number of aliphatic carboxylic acids is 1. The maximum Gasteiger partial charge on any atom is 0.392 e. The first-order chi connectivity index (χ1) is 13.9. The van der Waals surface area contributed by atoms with Crippen molar-refractivity contribution in [3.63, 3.8) is 0 Å². The summed E-state index contributed by atoms with van der Waals surface area (Å²) in [5, 5.41) is 11.6. The number of allylic oxidation sites excluding steroid dienone is 4. The van der Waals surface area contributed by atoms with Crippen molar-refractivity contribution in [1.82, 2.24) is 0 Å². The molecule has 0 aliphatic heterocycles. The number of carbonyl (C=O) groups is 2. The van der Waals surface area contributed by atoms with Crippen LogP contribution in [0.15, 0.2) is 41.5 Å². The molecule has 0 heterocycles. The molecule has 1 amide bonds. The zero-order valence-electron chi connectivity index (χ0n) is 16.3. The van der Waals surface area contributed by atoms with Crippen LogP contribution in [0.1, 0.15) is 38.2 Å². The van der Waals surface area contributed by atoms with Crippen LogP contribution in [-0.2, 0) is 9.59 Å². The maximum absolute atomic E-state index is 14.3. The molecular formula is C21H22ClF4NO3. The van der Waals surface area contributed by atoms with Crippen LogP contribution in [0.2, 0.25) is 0 Å². The number of carbonyl (C=O) groups excluding carboxylic acids is 1. The molecule has 30 heavy (non-hydrogen) atoms. The van der Waals surface area contributed by atoms with Gasteiger partial charge < -0.3 is 10.4 Å². The Morgan fingerprint density at radius 3 is 2.50 bits per heavy atom. The molecule has 0 spiro atoms. The zero-order valence-corrected chi connectivity index (χ0v) is 17.1. The van der Waals surface area contributed by atoms with Crippen LogP contribution < -0.4 is 5.32 Å². The van der Waals surface area contributed by atoms with Gasteiger partial charge in [0.05, 0.1) is 23.9 Å². The van der Waals surface area contributed by atoms with Crippen LogP contribution in [0.25, 0.3) is 0 Å². The summed E-state index contributed by atoms with van der Waals surface area (Å²) in [5.74, 6) is -7.56. The van der Waals surface area contributed by atoms with Crippen LogP contribution >= 0.6 is 11.6 Å². The molecule has 0 saturated carbocycles. The third kappa shape index (κ3) is 6.08. The number of hydrogen-bond donors (Lipinski definition) is 2. The van der Waals surface area contributed by atoms with Crippen molar-refractivity contribution < 1.29 is 32.3 Å². The lowest BCUT2D eigenvalue weighted by Gasteiger charge is -2.31. The van der Waals surface area contributed by atoms with Gasteiger partial charge in [0, 0.05) is 5.03 Å². The van der Waals surface area contributed by atoms with E-state index in [-0.39, 0.29) is 18.5 Å². The fourth-order valence-corrected chi connectivity index (χ4v) is 3.58. The second-order valence-electron chi connectivity index (χ2n) is 7.43. The van der Waals surface area contributed by atoms with Gasteiger partial charge in [0.1, 0.15) is 5.82 Å². The van der Waals surface area contributed by atoms with E-state index in [1.54, 1.807) is 6.92 Å². The smallest absolute Gasteiger partial charge is 0.392 e. The molecular weight excluding hydrogens is 426 g/mol. The van der Waals surface area contributed by atoms with Crippen molar-refractivity contribution in [2.75, 3.05) is 5.32 Å². The predicted molar refractivity (Wildman–Crippen MR) is 106 cm³/mol. The first-order valence-electron chi connectivity index (χ1n) is 9.32. The molecule has 0 radical (unpaired) electrons. The van der Waals surface area contributed by atoms with Gasteiger partial charge in [-0.05, 0) is 42.0 Å². The van der Waals surface area contributed by atoms with Gasteiger partial charge >= 0.3 is 12.1 Å². The number of carboxylic acid groups (broad SMARTS) is 1. The minimum absolute atomic E-state index is 0.145. The van der Waals surface area contributed by atoms with E-state index in [9.17, 15) is 27.2 Å². The van der Waals surface area contributed by atoms with E-state index in [1.807, 2.05) is 0 Å². The summed E-state index contributed by atoms with van der Waals surface area (Å²) in [4.78, 5) is 23.7. The standard InChI is InChI=1S/C21H22ClF4NO3/c1-11(9-18(28)29)14-5-8-16(23)17(10-14)27-20(30)19(12(2)21(24,25)26)13-3-6-15(22)7-4-13/h3,5-8,10-13,19H,4,9H2,1-2H3,(H,27,30)(H,28,29)/t11-,12+,13?,19-/m0/s1. The third-order valence-corrected chi connectivity index (χ3v) is 5.49. The Hall–Kier alpha value is -2.35. The highest BCUT2D eigenvalue weighted by Crippen LogP contribution is 2.39. The van der Waals surface area contributed by atoms with Gasteiger partial charge in [0.25, 0.3) is 0 Å². The average Bonchev–Trinajstić information content (AvgIpc) is 2.63. The number of halogens is 5. The summed E-state index contributed by atoms with van der Waals surface area (Å²) in [6.45, 7) is 2.53. The molecule has 1 aromatic carbocycles. The summed E-state index contributed by atoms with van der Waals surface area (Å²) >= 11 is 5.83. The van der Waals surface area contributed by atoms with Gasteiger partial charge in [0.2, 0.25) is 5.91 Å². The van der Waals surface area contributed by atoms with Crippen molar-refractivity contribution in [1.29, 1.82) is 0 Å². The fourth-order valence-electron chi connectivity index (χ4n) is 3.41. The fraction of sp³-hybridized carbons (Fsp3) is 0.429. The van der Waals surface area contributed by atoms with Crippen molar-refractivity contribution in [2.45, 2.75) is 38.8 Å². The third-order valence-electron chi connectivity index (χ3n) is 5.20. The molecule has 2 N–H and O–H groups in total. The highest BCUT2D eigenvalue weighted by molar-refractivity contribution is 6.31. The quantitative estimate of drug-likeness (QED) is 0.515. The molecule has 1 aliphatic rings. The highest BCUT2D eigenvalue weighted by atomic mass is 35.5. The molecule has 4 atom stereocenters. The van der Waals surface area contributed by atoms with Crippen molar-refractivity contribution >= 4 is 29.2 Å². The van der Waals surface area contributed by atoms with Crippen LogP contribution in [0, 0.1) is 23.6 Å². The normalized spacial score (nSPS) is 19.6. The molecule has 0 aromatic heterocycles. The summed E-state index contributed by atoms with van der Waals surface area (Å²) in [6.07, 6.45) is -0.273. The van der Waals surface area contributed by atoms with E-state index in [1.165, 1.54) is 30.4 Å². The summed E-state index contributed by atoms with van der Waals surface area (Å²) in [5.41, 5.74) is 0.157. The molecule has 0 fully saturated rings. The van der Waals surface area contributed by atoms with E-state index in [0.29, 0.717) is 10.6 Å². The summed E-state index contributed by atoms with van der Waals surface area (Å²) in [7, 11) is 0. The Morgan fingerprint density at radius 2 is 1.97 bits per heavy atom. The predicted octanol–water partition coefficient (Wildman–Crippen LogP) is 5.86. The maximum atomic E-state index is 14.3. The van der Waals surface area contributed by atoms with Gasteiger partial charge in [-0.15, -0.1) is 0 Å². The molecule has 1 aliphatic carbocycles. The van der Waals surface area contributed by atoms with Gasteiger partial charge in [-0.25, -0.2) is 4.39 Å². The van der Waals surface area contributed by atoms with Gasteiger partial charge in [-0.1, -0.05) is 43.7 Å². The van der Waals surface area contributed by atoms with Crippen LogP contribution in [0.5, 0.6) is 0 Å². The SMILES string of the molecule is C[C@H]([C@H](C(=O)Nc1cc([C@@H](C)CC(=O)O)ccc1F)C1C=CC(Cl)=CC1)C(F)(F)F. The molecule has 0 bridgehead atoms. The Balaban J connectivity index is 2.31. The minimum Gasteiger partial charge on any atom is -0.481 e.